The molecule has 2 aromatic rings. The predicted molar refractivity (Wildman–Crippen MR) is 132 cm³/mol. The van der Waals surface area contributed by atoms with Crippen LogP contribution in [0.4, 0.5) is 5.69 Å². The highest BCUT2D eigenvalue weighted by Gasteiger charge is 2.40. The van der Waals surface area contributed by atoms with Gasteiger partial charge in [0.05, 0.1) is 28.3 Å². The van der Waals surface area contributed by atoms with E-state index in [2.05, 4.69) is 69.0 Å². The second-order valence-corrected chi connectivity index (χ2v) is 11.8. The molecular weight excluding hydrogens is 412 g/mol. The van der Waals surface area contributed by atoms with Gasteiger partial charge in [0.1, 0.15) is 0 Å². The van der Waals surface area contributed by atoms with Crippen LogP contribution in [0.2, 0.25) is 0 Å². The van der Waals surface area contributed by atoms with Crippen LogP contribution in [-0.4, -0.2) is 32.1 Å². The van der Waals surface area contributed by atoms with E-state index < -0.39 is 0 Å². The standard InChI is InChI=1S/C27H38N4O2/c1-17-16-28-23(29-17)24(32)31-21-9-8-20(19-14-26(4,5)33-27(6,7)15-19)30-22(21)18-10-12-25(2,3)13-11-18/h8-10,16,19H,11-15H2,1-7H3,(H,28,29)(H,31,32). The number of carbonyl (C=O) groups excluding carboxylic acids is 1. The normalized spacial score (nSPS) is 22.0. The number of rotatable bonds is 4. The molecule has 1 fully saturated rings. The molecule has 0 radical (unpaired) electrons. The number of imidazole rings is 1. The minimum atomic E-state index is -0.246. The monoisotopic (exact) mass is 450 g/mol. The van der Waals surface area contributed by atoms with E-state index in [0.717, 1.165) is 54.9 Å². The molecule has 2 aromatic heterocycles. The molecule has 1 saturated heterocycles. The summed E-state index contributed by atoms with van der Waals surface area (Å²) in [6, 6.07) is 4.09. The molecule has 0 saturated carbocycles. The van der Waals surface area contributed by atoms with Crippen LogP contribution in [0.1, 0.15) is 107 Å². The number of nitrogens with one attached hydrogen (secondary N) is 2. The van der Waals surface area contributed by atoms with Crippen LogP contribution in [0.5, 0.6) is 0 Å². The lowest BCUT2D eigenvalue weighted by atomic mass is 9.77. The third kappa shape index (κ3) is 5.55. The quantitative estimate of drug-likeness (QED) is 0.564. The number of pyridine rings is 1. The molecule has 178 valence electrons. The number of carbonyl (C=O) groups is 1. The lowest BCUT2D eigenvalue weighted by Gasteiger charge is -2.45. The molecule has 6 heteroatoms. The van der Waals surface area contributed by atoms with Gasteiger partial charge in [-0.2, -0.15) is 0 Å². The first-order valence-corrected chi connectivity index (χ1v) is 12.1. The number of aromatic nitrogens is 3. The number of amides is 1. The number of hydrogen-bond donors (Lipinski definition) is 2. The molecule has 2 aliphatic rings. The van der Waals surface area contributed by atoms with Gasteiger partial charge in [0.25, 0.3) is 5.91 Å². The largest absolute Gasteiger partial charge is 0.370 e. The summed E-state index contributed by atoms with van der Waals surface area (Å²) < 4.78 is 6.30. The zero-order chi connectivity index (χ0) is 24.0. The first-order valence-electron chi connectivity index (χ1n) is 12.1. The fraction of sp³-hybridized carbons (Fsp3) is 0.593. The van der Waals surface area contributed by atoms with Gasteiger partial charge in [-0.05, 0) is 89.8 Å². The van der Waals surface area contributed by atoms with Crippen molar-refractivity contribution in [1.29, 1.82) is 0 Å². The van der Waals surface area contributed by atoms with Gasteiger partial charge in [0.15, 0.2) is 5.82 Å². The van der Waals surface area contributed by atoms with Gasteiger partial charge in [-0.15, -0.1) is 0 Å². The molecule has 4 rings (SSSR count). The number of anilines is 1. The van der Waals surface area contributed by atoms with Crippen molar-refractivity contribution in [2.45, 2.75) is 97.7 Å². The van der Waals surface area contributed by atoms with Crippen molar-refractivity contribution < 1.29 is 9.53 Å². The Morgan fingerprint density at radius 1 is 1.09 bits per heavy atom. The van der Waals surface area contributed by atoms with Crippen LogP contribution in [0.25, 0.3) is 5.57 Å². The molecule has 0 spiro atoms. The van der Waals surface area contributed by atoms with Gasteiger partial charge in [-0.1, -0.05) is 19.9 Å². The first kappa shape index (κ1) is 23.7. The average Bonchev–Trinajstić information content (AvgIpc) is 3.12. The van der Waals surface area contributed by atoms with Crippen molar-refractivity contribution in [2.24, 2.45) is 5.41 Å². The maximum Gasteiger partial charge on any atom is 0.291 e. The molecule has 3 heterocycles. The minimum absolute atomic E-state index is 0.202. The number of nitrogens with zero attached hydrogens (tertiary/aromatic N) is 2. The summed E-state index contributed by atoms with van der Waals surface area (Å²) in [5.41, 5.74) is 4.61. The molecule has 0 unspecified atom stereocenters. The zero-order valence-corrected chi connectivity index (χ0v) is 21.1. The van der Waals surface area contributed by atoms with Crippen LogP contribution < -0.4 is 5.32 Å². The Bertz CT molecular complexity index is 1060. The number of hydrogen-bond acceptors (Lipinski definition) is 4. The van der Waals surface area contributed by atoms with Crippen molar-refractivity contribution in [3.05, 3.63) is 47.3 Å². The highest BCUT2D eigenvalue weighted by Crippen LogP contribution is 2.44. The van der Waals surface area contributed by atoms with Crippen LogP contribution in [-0.2, 0) is 4.74 Å². The van der Waals surface area contributed by atoms with Crippen LogP contribution >= 0.6 is 0 Å². The van der Waals surface area contributed by atoms with Crippen molar-refractivity contribution in [1.82, 2.24) is 15.0 Å². The third-order valence-electron chi connectivity index (χ3n) is 6.81. The Labute approximate surface area is 197 Å². The Morgan fingerprint density at radius 2 is 1.79 bits per heavy atom. The fourth-order valence-corrected chi connectivity index (χ4v) is 5.35. The van der Waals surface area contributed by atoms with E-state index in [4.69, 9.17) is 9.72 Å². The van der Waals surface area contributed by atoms with Gasteiger partial charge < -0.3 is 15.0 Å². The first-order chi connectivity index (χ1) is 15.3. The molecule has 0 atom stereocenters. The summed E-state index contributed by atoms with van der Waals surface area (Å²) in [7, 11) is 0. The molecule has 1 aliphatic heterocycles. The minimum Gasteiger partial charge on any atom is -0.370 e. The highest BCUT2D eigenvalue weighted by molar-refractivity contribution is 6.03. The summed E-state index contributed by atoms with van der Waals surface area (Å²) in [6.07, 6.45) is 8.95. The second kappa shape index (κ2) is 8.39. The summed E-state index contributed by atoms with van der Waals surface area (Å²) >= 11 is 0. The van der Waals surface area contributed by atoms with E-state index in [-0.39, 0.29) is 17.1 Å². The number of H-pyrrole nitrogens is 1. The number of allylic oxidation sites excluding steroid dienone is 2. The molecule has 1 aliphatic carbocycles. The molecule has 1 amide bonds. The fourth-order valence-electron chi connectivity index (χ4n) is 5.35. The molecule has 0 bridgehead atoms. The predicted octanol–water partition coefficient (Wildman–Crippen LogP) is 6.41. The van der Waals surface area contributed by atoms with E-state index in [1.807, 2.05) is 13.0 Å². The molecular formula is C27H38N4O2. The van der Waals surface area contributed by atoms with E-state index >= 15 is 0 Å². The van der Waals surface area contributed by atoms with E-state index in [9.17, 15) is 4.79 Å². The van der Waals surface area contributed by atoms with Gasteiger partial charge in [0.2, 0.25) is 0 Å². The maximum atomic E-state index is 12.9. The Hall–Kier alpha value is -2.47. The molecule has 33 heavy (non-hydrogen) atoms. The van der Waals surface area contributed by atoms with E-state index in [1.165, 1.54) is 5.57 Å². The average molecular weight is 451 g/mol. The van der Waals surface area contributed by atoms with E-state index in [1.54, 1.807) is 6.20 Å². The zero-order valence-electron chi connectivity index (χ0n) is 21.1. The SMILES string of the molecule is Cc1c[nH]c(C(=O)Nc2ccc(C3CC(C)(C)OC(C)(C)C3)nc2C2=CCC(C)(C)CC2)n1. The van der Waals surface area contributed by atoms with Gasteiger partial charge in [-0.3, -0.25) is 9.78 Å². The highest BCUT2D eigenvalue weighted by atomic mass is 16.5. The topological polar surface area (TPSA) is 79.9 Å². The summed E-state index contributed by atoms with van der Waals surface area (Å²) in [4.78, 5) is 25.3. The van der Waals surface area contributed by atoms with Crippen molar-refractivity contribution in [3.63, 3.8) is 0 Å². The number of aryl methyl sites for hydroxylation is 1. The van der Waals surface area contributed by atoms with Crippen LogP contribution in [0.3, 0.4) is 0 Å². The molecule has 0 aromatic carbocycles. The Balaban J connectivity index is 1.70. The van der Waals surface area contributed by atoms with Crippen molar-refractivity contribution in [2.75, 3.05) is 5.32 Å². The summed E-state index contributed by atoms with van der Waals surface area (Å²) in [6.45, 7) is 15.1. The maximum absolute atomic E-state index is 12.9. The van der Waals surface area contributed by atoms with Gasteiger partial charge in [0, 0.05) is 17.8 Å². The third-order valence-corrected chi connectivity index (χ3v) is 6.81. The Morgan fingerprint density at radius 3 is 2.36 bits per heavy atom. The lowest BCUT2D eigenvalue weighted by Crippen LogP contribution is -2.44. The van der Waals surface area contributed by atoms with Gasteiger partial charge in [-0.25, -0.2) is 4.98 Å². The van der Waals surface area contributed by atoms with Crippen LogP contribution in [0.15, 0.2) is 24.4 Å². The van der Waals surface area contributed by atoms with Gasteiger partial charge >= 0.3 is 0 Å². The lowest BCUT2D eigenvalue weighted by molar-refractivity contribution is -0.162. The second-order valence-electron chi connectivity index (χ2n) is 11.8. The van der Waals surface area contributed by atoms with E-state index in [0.29, 0.717) is 17.2 Å². The van der Waals surface area contributed by atoms with Crippen LogP contribution in [0, 0.1) is 12.3 Å². The molecule has 2 N–H and O–H groups in total. The molecule has 6 nitrogen and oxygen atoms in total. The van der Waals surface area contributed by atoms with Crippen molar-refractivity contribution in [3.8, 4) is 0 Å². The Kier molecular flexibility index (Phi) is 6.02. The number of ether oxygens (including phenoxy) is 1. The summed E-state index contributed by atoms with van der Waals surface area (Å²) in [5.74, 6) is 0.374. The smallest absolute Gasteiger partial charge is 0.291 e. The number of aromatic amines is 1. The van der Waals surface area contributed by atoms with Crippen molar-refractivity contribution >= 4 is 17.2 Å². The summed E-state index contributed by atoms with van der Waals surface area (Å²) in [5, 5.41) is 3.06.